The first-order valence-corrected chi connectivity index (χ1v) is 8.59. The number of nitrogens with zero attached hydrogens (tertiary/aromatic N) is 2. The zero-order valence-corrected chi connectivity index (χ0v) is 15.6. The fourth-order valence-electron chi connectivity index (χ4n) is 2.59. The standard InChI is InChI=1S/C21H24FN3O2/c1-4-13-25(14-17-7-5-6-8-19(17)22)15-20(26)23-18-11-9-16(10-12-18)21(27)24(2)3/h4-12H,1,13-15H2,2-3H3,(H,23,26). The second-order valence-corrected chi connectivity index (χ2v) is 6.37. The van der Waals surface area contributed by atoms with Crippen molar-refractivity contribution in [2.75, 3.05) is 32.5 Å². The third-order valence-corrected chi connectivity index (χ3v) is 3.93. The molecule has 0 aromatic heterocycles. The molecule has 2 aromatic rings. The van der Waals surface area contributed by atoms with Gasteiger partial charge in [-0.2, -0.15) is 0 Å². The van der Waals surface area contributed by atoms with Crippen LogP contribution in [-0.4, -0.2) is 48.8 Å². The van der Waals surface area contributed by atoms with Crippen molar-refractivity contribution in [1.82, 2.24) is 9.80 Å². The zero-order valence-electron chi connectivity index (χ0n) is 15.6. The van der Waals surface area contributed by atoms with E-state index in [1.807, 2.05) is 0 Å². The summed E-state index contributed by atoms with van der Waals surface area (Å²) in [6.45, 7) is 4.55. The first kappa shape index (κ1) is 20.3. The van der Waals surface area contributed by atoms with E-state index in [9.17, 15) is 14.0 Å². The molecule has 2 aromatic carbocycles. The maximum atomic E-state index is 13.9. The van der Waals surface area contributed by atoms with E-state index in [0.29, 0.717) is 29.9 Å². The molecule has 2 rings (SSSR count). The Morgan fingerprint density at radius 1 is 1.11 bits per heavy atom. The molecule has 0 saturated carbocycles. The van der Waals surface area contributed by atoms with E-state index in [0.717, 1.165) is 0 Å². The first-order chi connectivity index (χ1) is 12.9. The maximum absolute atomic E-state index is 13.9. The highest BCUT2D eigenvalue weighted by atomic mass is 19.1. The zero-order chi connectivity index (χ0) is 19.8. The van der Waals surface area contributed by atoms with Crippen LogP contribution in [0.25, 0.3) is 0 Å². The van der Waals surface area contributed by atoms with Crippen LogP contribution >= 0.6 is 0 Å². The smallest absolute Gasteiger partial charge is 0.253 e. The van der Waals surface area contributed by atoms with Crippen LogP contribution in [0, 0.1) is 5.82 Å². The Bertz CT molecular complexity index is 803. The number of halogens is 1. The minimum absolute atomic E-state index is 0.0960. The fourth-order valence-corrected chi connectivity index (χ4v) is 2.59. The molecule has 0 aliphatic rings. The number of anilines is 1. The summed E-state index contributed by atoms with van der Waals surface area (Å²) in [4.78, 5) is 27.5. The Morgan fingerprint density at radius 3 is 2.37 bits per heavy atom. The second-order valence-electron chi connectivity index (χ2n) is 6.37. The summed E-state index contributed by atoms with van der Waals surface area (Å²) in [6.07, 6.45) is 1.68. The highest BCUT2D eigenvalue weighted by molar-refractivity contribution is 5.96. The summed E-state index contributed by atoms with van der Waals surface area (Å²) in [5, 5.41) is 2.79. The summed E-state index contributed by atoms with van der Waals surface area (Å²) >= 11 is 0. The Labute approximate surface area is 159 Å². The maximum Gasteiger partial charge on any atom is 0.253 e. The van der Waals surface area contributed by atoms with Crippen molar-refractivity contribution in [3.8, 4) is 0 Å². The van der Waals surface area contributed by atoms with Gasteiger partial charge in [0.15, 0.2) is 0 Å². The lowest BCUT2D eigenvalue weighted by Gasteiger charge is -2.20. The molecule has 6 heteroatoms. The van der Waals surface area contributed by atoms with Crippen molar-refractivity contribution in [1.29, 1.82) is 0 Å². The van der Waals surface area contributed by atoms with Crippen molar-refractivity contribution >= 4 is 17.5 Å². The van der Waals surface area contributed by atoms with Crippen LogP contribution in [0.3, 0.4) is 0 Å². The van der Waals surface area contributed by atoms with Gasteiger partial charge in [-0.25, -0.2) is 4.39 Å². The predicted molar refractivity (Wildman–Crippen MR) is 105 cm³/mol. The molecule has 0 radical (unpaired) electrons. The van der Waals surface area contributed by atoms with Crippen LogP contribution < -0.4 is 5.32 Å². The molecule has 0 bridgehead atoms. The second kappa shape index (κ2) is 9.64. The molecule has 1 N–H and O–H groups in total. The van der Waals surface area contributed by atoms with Crippen LogP contribution in [0.5, 0.6) is 0 Å². The van der Waals surface area contributed by atoms with Gasteiger partial charge in [-0.1, -0.05) is 24.3 Å². The van der Waals surface area contributed by atoms with Crippen molar-refractivity contribution in [2.24, 2.45) is 0 Å². The van der Waals surface area contributed by atoms with Crippen LogP contribution in [0.15, 0.2) is 61.2 Å². The molecule has 0 unspecified atom stereocenters. The summed E-state index contributed by atoms with van der Waals surface area (Å²) in [7, 11) is 3.36. The van der Waals surface area contributed by atoms with Crippen LogP contribution in [0.1, 0.15) is 15.9 Å². The molecule has 5 nitrogen and oxygen atoms in total. The van der Waals surface area contributed by atoms with Gasteiger partial charge in [-0.3, -0.25) is 14.5 Å². The third-order valence-electron chi connectivity index (χ3n) is 3.93. The minimum atomic E-state index is -0.298. The number of hydrogen-bond acceptors (Lipinski definition) is 3. The normalized spacial score (nSPS) is 10.5. The molecule has 27 heavy (non-hydrogen) atoms. The van der Waals surface area contributed by atoms with Crippen LogP contribution in [-0.2, 0) is 11.3 Å². The predicted octanol–water partition coefficient (Wildman–Crippen LogP) is 3.15. The van der Waals surface area contributed by atoms with Crippen molar-refractivity contribution in [3.05, 3.63) is 78.1 Å². The Morgan fingerprint density at radius 2 is 1.78 bits per heavy atom. The van der Waals surface area contributed by atoms with E-state index in [2.05, 4.69) is 11.9 Å². The number of amides is 2. The first-order valence-electron chi connectivity index (χ1n) is 8.59. The van der Waals surface area contributed by atoms with Gasteiger partial charge in [-0.15, -0.1) is 6.58 Å². The van der Waals surface area contributed by atoms with Gasteiger partial charge in [0.2, 0.25) is 5.91 Å². The van der Waals surface area contributed by atoms with Gasteiger partial charge in [0.05, 0.1) is 6.54 Å². The number of benzene rings is 2. The molecule has 2 amide bonds. The number of nitrogens with one attached hydrogen (secondary N) is 1. The fraction of sp³-hybridized carbons (Fsp3) is 0.238. The van der Waals surface area contributed by atoms with Crippen molar-refractivity contribution < 1.29 is 14.0 Å². The molecular formula is C21H24FN3O2. The monoisotopic (exact) mass is 369 g/mol. The molecule has 0 heterocycles. The van der Waals surface area contributed by atoms with Gasteiger partial charge in [0.25, 0.3) is 5.91 Å². The van der Waals surface area contributed by atoms with Crippen molar-refractivity contribution in [2.45, 2.75) is 6.54 Å². The van der Waals surface area contributed by atoms with E-state index < -0.39 is 0 Å². The summed E-state index contributed by atoms with van der Waals surface area (Å²) in [5.74, 6) is -0.622. The average Bonchev–Trinajstić information content (AvgIpc) is 2.63. The lowest BCUT2D eigenvalue weighted by molar-refractivity contribution is -0.117. The topological polar surface area (TPSA) is 52.7 Å². The minimum Gasteiger partial charge on any atom is -0.345 e. The van der Waals surface area contributed by atoms with E-state index in [1.54, 1.807) is 67.5 Å². The summed E-state index contributed by atoms with van der Waals surface area (Å²) in [5.41, 5.74) is 1.67. The summed E-state index contributed by atoms with van der Waals surface area (Å²) in [6, 6.07) is 13.2. The largest absolute Gasteiger partial charge is 0.345 e. The van der Waals surface area contributed by atoms with Gasteiger partial charge >= 0.3 is 0 Å². The molecule has 0 atom stereocenters. The third kappa shape index (κ3) is 6.04. The molecule has 0 spiro atoms. The molecule has 0 aliphatic heterocycles. The van der Waals surface area contributed by atoms with Crippen LogP contribution in [0.4, 0.5) is 10.1 Å². The molecular weight excluding hydrogens is 345 g/mol. The molecule has 0 fully saturated rings. The van der Waals surface area contributed by atoms with Gasteiger partial charge < -0.3 is 10.2 Å². The van der Waals surface area contributed by atoms with E-state index in [1.165, 1.54) is 11.0 Å². The van der Waals surface area contributed by atoms with Gasteiger partial charge in [0.1, 0.15) is 5.82 Å². The molecule has 0 aliphatic carbocycles. The highest BCUT2D eigenvalue weighted by Gasteiger charge is 2.13. The molecule has 0 saturated heterocycles. The van der Waals surface area contributed by atoms with Gasteiger partial charge in [0, 0.05) is 44.0 Å². The SMILES string of the molecule is C=CCN(CC(=O)Nc1ccc(C(=O)N(C)C)cc1)Cc1ccccc1F. The summed E-state index contributed by atoms with van der Waals surface area (Å²) < 4.78 is 13.9. The van der Waals surface area contributed by atoms with Crippen molar-refractivity contribution in [3.63, 3.8) is 0 Å². The number of rotatable bonds is 8. The lowest BCUT2D eigenvalue weighted by atomic mass is 10.2. The number of carbonyl (C=O) groups is 2. The highest BCUT2D eigenvalue weighted by Crippen LogP contribution is 2.12. The van der Waals surface area contributed by atoms with E-state index in [4.69, 9.17) is 0 Å². The van der Waals surface area contributed by atoms with Gasteiger partial charge in [-0.05, 0) is 30.3 Å². The number of carbonyl (C=O) groups excluding carboxylic acids is 2. The quantitative estimate of drug-likeness (QED) is 0.728. The Balaban J connectivity index is 1.98. The van der Waals surface area contributed by atoms with Crippen LogP contribution in [0.2, 0.25) is 0 Å². The van der Waals surface area contributed by atoms with E-state index in [-0.39, 0.29) is 24.2 Å². The Hall–Kier alpha value is -2.99. The lowest BCUT2D eigenvalue weighted by Crippen LogP contribution is -2.33. The number of hydrogen-bond donors (Lipinski definition) is 1. The Kier molecular flexibility index (Phi) is 7.25. The van der Waals surface area contributed by atoms with E-state index >= 15 is 0 Å². The molecule has 142 valence electrons. The average molecular weight is 369 g/mol.